The first-order valence-electron chi connectivity index (χ1n) is 9.32. The van der Waals surface area contributed by atoms with Crippen LogP contribution in [0.2, 0.25) is 0 Å². The molecular weight excluding hydrogens is 459 g/mol. The van der Waals surface area contributed by atoms with E-state index in [1.807, 2.05) is 6.92 Å². The number of benzene rings is 1. The van der Waals surface area contributed by atoms with Crippen LogP contribution in [0.4, 0.5) is 0 Å². The van der Waals surface area contributed by atoms with Gasteiger partial charge in [-0.1, -0.05) is 0 Å². The number of carbonyl (C=O) groups is 1. The Balaban J connectivity index is 0.00000261. The van der Waals surface area contributed by atoms with Gasteiger partial charge >= 0.3 is 0 Å². The lowest BCUT2D eigenvalue weighted by Crippen LogP contribution is -2.47. The first kappa shape index (κ1) is 21.7. The summed E-state index contributed by atoms with van der Waals surface area (Å²) < 4.78 is 11.0. The number of amides is 1. The van der Waals surface area contributed by atoms with Crippen molar-refractivity contribution in [2.24, 2.45) is 4.99 Å². The Labute approximate surface area is 177 Å². The first-order chi connectivity index (χ1) is 12.7. The molecule has 3 rings (SSSR count). The zero-order valence-electron chi connectivity index (χ0n) is 15.9. The molecule has 2 bridgehead atoms. The Morgan fingerprint density at radius 1 is 1.26 bits per heavy atom. The highest BCUT2D eigenvalue weighted by Crippen LogP contribution is 2.34. The maximum Gasteiger partial charge on any atom is 0.251 e. The molecule has 2 aliphatic rings. The maximum absolute atomic E-state index is 12.1. The second-order valence-corrected chi connectivity index (χ2v) is 6.61. The largest absolute Gasteiger partial charge is 0.497 e. The normalized spacial score (nSPS) is 23.5. The van der Waals surface area contributed by atoms with Crippen molar-refractivity contribution in [1.82, 2.24) is 16.0 Å². The third kappa shape index (κ3) is 5.97. The van der Waals surface area contributed by atoms with Crippen LogP contribution >= 0.6 is 24.0 Å². The average molecular weight is 488 g/mol. The monoisotopic (exact) mass is 488 g/mol. The van der Waals surface area contributed by atoms with Crippen molar-refractivity contribution in [3.63, 3.8) is 0 Å². The minimum atomic E-state index is -0.109. The number of carbonyl (C=O) groups excluding carboxylic acids is 1. The lowest BCUT2D eigenvalue weighted by Gasteiger charge is -2.22. The third-order valence-corrected chi connectivity index (χ3v) is 4.79. The molecule has 0 saturated carbocycles. The molecule has 0 aliphatic carbocycles. The molecule has 2 aliphatic heterocycles. The number of nitrogens with one attached hydrogen (secondary N) is 3. The number of fused-ring (bicyclic) bond motifs is 2. The molecular formula is C19H29IN4O3. The van der Waals surface area contributed by atoms with E-state index < -0.39 is 0 Å². The van der Waals surface area contributed by atoms with Crippen LogP contribution in [-0.2, 0) is 4.74 Å². The lowest BCUT2D eigenvalue weighted by molar-refractivity contribution is 0.0954. The van der Waals surface area contributed by atoms with E-state index in [-0.39, 0.29) is 29.9 Å². The first-order valence-corrected chi connectivity index (χ1v) is 9.32. The summed E-state index contributed by atoms with van der Waals surface area (Å²) in [7, 11) is 1.60. The molecule has 2 fully saturated rings. The van der Waals surface area contributed by atoms with Gasteiger partial charge in [-0.25, -0.2) is 0 Å². The van der Waals surface area contributed by atoms with E-state index >= 15 is 0 Å². The number of aliphatic imine (C=N–C) groups is 1. The summed E-state index contributed by atoms with van der Waals surface area (Å²) in [5, 5.41) is 9.61. The minimum Gasteiger partial charge on any atom is -0.497 e. The van der Waals surface area contributed by atoms with E-state index in [1.54, 1.807) is 31.4 Å². The predicted molar refractivity (Wildman–Crippen MR) is 116 cm³/mol. The van der Waals surface area contributed by atoms with Gasteiger partial charge in [0.15, 0.2) is 5.96 Å². The molecule has 1 aromatic carbocycles. The summed E-state index contributed by atoms with van der Waals surface area (Å²) >= 11 is 0. The molecule has 2 saturated heterocycles. The van der Waals surface area contributed by atoms with Gasteiger partial charge in [0.05, 0.1) is 31.9 Å². The van der Waals surface area contributed by atoms with Crippen LogP contribution in [0.3, 0.4) is 0 Å². The molecule has 7 nitrogen and oxygen atoms in total. The third-order valence-electron chi connectivity index (χ3n) is 4.79. The molecule has 3 N–H and O–H groups in total. The van der Waals surface area contributed by atoms with Gasteiger partial charge in [-0.15, -0.1) is 24.0 Å². The van der Waals surface area contributed by atoms with Gasteiger partial charge in [-0.3, -0.25) is 9.79 Å². The molecule has 0 spiro atoms. The second-order valence-electron chi connectivity index (χ2n) is 6.61. The quantitative estimate of drug-likeness (QED) is 0.237. The van der Waals surface area contributed by atoms with Crippen LogP contribution in [0, 0.1) is 0 Å². The number of nitrogens with zero attached hydrogens (tertiary/aromatic N) is 1. The highest BCUT2D eigenvalue weighted by atomic mass is 127. The van der Waals surface area contributed by atoms with E-state index in [4.69, 9.17) is 9.47 Å². The minimum absolute atomic E-state index is 0. The van der Waals surface area contributed by atoms with Gasteiger partial charge in [0.1, 0.15) is 5.75 Å². The van der Waals surface area contributed by atoms with Gasteiger partial charge in [-0.05, 0) is 50.5 Å². The van der Waals surface area contributed by atoms with Crippen molar-refractivity contribution in [2.45, 2.75) is 44.4 Å². The van der Waals surface area contributed by atoms with Crippen molar-refractivity contribution < 1.29 is 14.3 Å². The molecule has 0 radical (unpaired) electrons. The van der Waals surface area contributed by atoms with Crippen molar-refractivity contribution in [3.05, 3.63) is 29.8 Å². The van der Waals surface area contributed by atoms with Gasteiger partial charge in [0.2, 0.25) is 0 Å². The summed E-state index contributed by atoms with van der Waals surface area (Å²) in [5.41, 5.74) is 0.610. The van der Waals surface area contributed by atoms with Gasteiger partial charge < -0.3 is 25.4 Å². The zero-order chi connectivity index (χ0) is 18.4. The summed E-state index contributed by atoms with van der Waals surface area (Å²) in [6.07, 6.45) is 4.06. The Morgan fingerprint density at radius 2 is 2.04 bits per heavy atom. The van der Waals surface area contributed by atoms with Crippen molar-refractivity contribution in [2.75, 3.05) is 26.7 Å². The van der Waals surface area contributed by atoms with Crippen molar-refractivity contribution in [1.29, 1.82) is 0 Å². The smallest absolute Gasteiger partial charge is 0.251 e. The average Bonchev–Trinajstić information content (AvgIpc) is 3.28. The number of ether oxygens (including phenoxy) is 2. The van der Waals surface area contributed by atoms with E-state index in [9.17, 15) is 4.79 Å². The van der Waals surface area contributed by atoms with Crippen LogP contribution in [0.25, 0.3) is 0 Å². The van der Waals surface area contributed by atoms with Crippen molar-refractivity contribution in [3.8, 4) is 5.75 Å². The molecule has 3 unspecified atom stereocenters. The number of methoxy groups -OCH3 is 1. The van der Waals surface area contributed by atoms with Gasteiger partial charge in [0.25, 0.3) is 5.91 Å². The van der Waals surface area contributed by atoms with Crippen molar-refractivity contribution >= 4 is 35.8 Å². The molecule has 0 aromatic heterocycles. The van der Waals surface area contributed by atoms with Crippen LogP contribution < -0.4 is 20.7 Å². The fourth-order valence-electron chi connectivity index (χ4n) is 3.47. The van der Waals surface area contributed by atoms with E-state index in [0.717, 1.165) is 31.1 Å². The zero-order valence-corrected chi connectivity index (χ0v) is 18.2. The van der Waals surface area contributed by atoms with Crippen LogP contribution in [0.5, 0.6) is 5.75 Å². The maximum atomic E-state index is 12.1. The lowest BCUT2D eigenvalue weighted by atomic mass is 9.96. The SMILES string of the molecule is CCNC(=NCCNC(=O)c1ccc(OC)cc1)NC1CC2CCC1O2.I. The summed E-state index contributed by atoms with van der Waals surface area (Å²) in [6.45, 7) is 3.83. The Hall–Kier alpha value is -1.55. The number of rotatable bonds is 7. The summed E-state index contributed by atoms with van der Waals surface area (Å²) in [6, 6.07) is 7.38. The van der Waals surface area contributed by atoms with Crippen LogP contribution in [0.1, 0.15) is 36.5 Å². The molecule has 8 heteroatoms. The van der Waals surface area contributed by atoms with Crippen LogP contribution in [-0.4, -0.2) is 56.9 Å². The summed E-state index contributed by atoms with van der Waals surface area (Å²) in [4.78, 5) is 16.7. The Morgan fingerprint density at radius 3 is 2.63 bits per heavy atom. The Kier molecular flexibility index (Phi) is 8.62. The fourth-order valence-corrected chi connectivity index (χ4v) is 3.47. The number of hydrogen-bond acceptors (Lipinski definition) is 4. The highest BCUT2D eigenvalue weighted by Gasteiger charge is 2.41. The number of halogens is 1. The molecule has 3 atom stereocenters. The van der Waals surface area contributed by atoms with Gasteiger partial charge in [0, 0.05) is 18.7 Å². The van der Waals surface area contributed by atoms with Gasteiger partial charge in [-0.2, -0.15) is 0 Å². The molecule has 1 aromatic rings. The standard InChI is InChI=1S/C19H28N4O3.HI/c1-3-20-19(23-16-12-15-8-9-17(16)26-15)22-11-10-21-18(24)13-4-6-14(25-2)7-5-13;/h4-7,15-17H,3,8-12H2,1-2H3,(H,21,24)(H2,20,22,23);1H. The molecule has 27 heavy (non-hydrogen) atoms. The topological polar surface area (TPSA) is 84.0 Å². The Bertz CT molecular complexity index is 638. The fraction of sp³-hybridized carbons (Fsp3) is 0.579. The van der Waals surface area contributed by atoms with E-state index in [1.165, 1.54) is 6.42 Å². The van der Waals surface area contributed by atoms with E-state index in [0.29, 0.717) is 36.9 Å². The second kappa shape index (κ2) is 10.7. The molecule has 2 heterocycles. The summed E-state index contributed by atoms with van der Waals surface area (Å²) in [5.74, 6) is 1.41. The van der Waals surface area contributed by atoms with Crippen LogP contribution in [0.15, 0.2) is 29.3 Å². The highest BCUT2D eigenvalue weighted by molar-refractivity contribution is 14.0. The molecule has 150 valence electrons. The molecule has 1 amide bonds. The predicted octanol–water partition coefficient (Wildman–Crippen LogP) is 1.92. The number of guanidine groups is 1. The van der Waals surface area contributed by atoms with E-state index in [2.05, 4.69) is 20.9 Å². The number of hydrogen-bond donors (Lipinski definition) is 3.